The maximum atomic E-state index is 12.0. The highest BCUT2D eigenvalue weighted by atomic mass is 16.8. The van der Waals surface area contributed by atoms with E-state index in [1.165, 1.54) is 24.3 Å². The molecule has 14 heteroatoms. The molecular formula is C21H28O14. The fraction of sp³-hybridized carbons (Fsp3) is 0.571. The van der Waals surface area contributed by atoms with Crippen molar-refractivity contribution in [2.45, 2.75) is 54.8 Å². The normalized spacial score (nSPS) is 37.6. The van der Waals surface area contributed by atoms with Crippen molar-refractivity contribution in [2.75, 3.05) is 19.8 Å². The minimum Gasteiger partial charge on any atom is -0.504 e. The molecule has 2 aliphatic rings. The second-order valence-electron chi connectivity index (χ2n) is 8.09. The van der Waals surface area contributed by atoms with Gasteiger partial charge in [-0.15, -0.1) is 0 Å². The number of carbonyl (C=O) groups excluding carboxylic acids is 1. The molecule has 3 rings (SSSR count). The van der Waals surface area contributed by atoms with E-state index in [1.807, 2.05) is 0 Å². The van der Waals surface area contributed by atoms with Crippen molar-refractivity contribution < 1.29 is 69.7 Å². The number of aromatic hydroxyl groups is 2. The van der Waals surface area contributed by atoms with Crippen LogP contribution in [0, 0.1) is 0 Å². The fourth-order valence-electron chi connectivity index (χ4n) is 3.64. The van der Waals surface area contributed by atoms with Crippen LogP contribution in [0.1, 0.15) is 5.56 Å². The molecule has 0 spiro atoms. The maximum Gasteiger partial charge on any atom is 0.330 e. The molecule has 0 unspecified atom stereocenters. The van der Waals surface area contributed by atoms with E-state index in [9.17, 15) is 50.8 Å². The first-order chi connectivity index (χ1) is 16.5. The number of benzene rings is 1. The van der Waals surface area contributed by atoms with Gasteiger partial charge in [0.2, 0.25) is 5.79 Å². The molecule has 2 saturated heterocycles. The van der Waals surface area contributed by atoms with Crippen LogP contribution in [0.25, 0.3) is 6.08 Å². The lowest BCUT2D eigenvalue weighted by Gasteiger charge is -2.43. The first-order valence-electron chi connectivity index (χ1n) is 10.5. The fourth-order valence-corrected chi connectivity index (χ4v) is 3.64. The smallest absolute Gasteiger partial charge is 0.330 e. The number of rotatable bonds is 8. The third-order valence-corrected chi connectivity index (χ3v) is 5.69. The number of hydrogen-bond donors (Lipinski definition) is 9. The van der Waals surface area contributed by atoms with Crippen molar-refractivity contribution in [1.29, 1.82) is 0 Å². The van der Waals surface area contributed by atoms with Gasteiger partial charge in [-0.25, -0.2) is 4.79 Å². The summed E-state index contributed by atoms with van der Waals surface area (Å²) < 4.78 is 20.9. The number of hydrogen-bond acceptors (Lipinski definition) is 14. The average molecular weight is 504 g/mol. The van der Waals surface area contributed by atoms with Crippen LogP contribution in [0.2, 0.25) is 0 Å². The summed E-state index contributed by atoms with van der Waals surface area (Å²) >= 11 is 0. The summed E-state index contributed by atoms with van der Waals surface area (Å²) in [6.07, 6.45) is -11.3. The molecule has 0 bridgehead atoms. The predicted molar refractivity (Wildman–Crippen MR) is 111 cm³/mol. The first kappa shape index (κ1) is 27.2. The SMILES string of the molecule is O=C(/C=C/c1ccc(O)c(O)c1)OC[C@H]1O[C@H](O[C@@]2(CO)O[C@H](CO)[C@@H](O)[C@@H]2O)[C@H](O)[C@@H](O)[C@@H]1O. The van der Waals surface area contributed by atoms with Crippen LogP contribution in [0.5, 0.6) is 11.5 Å². The van der Waals surface area contributed by atoms with Gasteiger partial charge in [-0.2, -0.15) is 0 Å². The standard InChI is InChI=1S/C21H28O14/c22-6-12-16(28)19(31)21(8-23,34-12)35-20-18(30)17(29)15(27)13(33-20)7-32-14(26)4-2-9-1-3-10(24)11(25)5-9/h1-5,12-13,15-20,22-25,27-31H,6-8H2/b4-2+/t12-,13-,15-,16-,17+,18-,19+,20-,21-/m1/s1. The quantitative estimate of drug-likeness (QED) is 0.0941. The molecule has 35 heavy (non-hydrogen) atoms. The topological polar surface area (TPSA) is 236 Å². The van der Waals surface area contributed by atoms with Gasteiger partial charge in [-0.3, -0.25) is 0 Å². The largest absolute Gasteiger partial charge is 0.504 e. The lowest BCUT2D eigenvalue weighted by molar-refractivity contribution is -0.383. The van der Waals surface area contributed by atoms with Crippen LogP contribution in [-0.4, -0.2) is 127 Å². The number of aliphatic hydroxyl groups is 7. The van der Waals surface area contributed by atoms with E-state index in [0.29, 0.717) is 5.56 Å². The summed E-state index contributed by atoms with van der Waals surface area (Å²) in [7, 11) is 0. The first-order valence-corrected chi connectivity index (χ1v) is 10.5. The molecular weight excluding hydrogens is 476 g/mol. The van der Waals surface area contributed by atoms with Crippen LogP contribution in [-0.2, 0) is 23.7 Å². The molecule has 196 valence electrons. The highest BCUT2D eigenvalue weighted by Gasteiger charge is 2.58. The highest BCUT2D eigenvalue weighted by Crippen LogP contribution is 2.36. The molecule has 2 aliphatic heterocycles. The zero-order chi connectivity index (χ0) is 25.9. The van der Waals surface area contributed by atoms with Crippen molar-refractivity contribution in [3.8, 4) is 11.5 Å². The molecule has 0 aromatic heterocycles. The Morgan fingerprint density at radius 1 is 0.971 bits per heavy atom. The Morgan fingerprint density at radius 2 is 1.69 bits per heavy atom. The van der Waals surface area contributed by atoms with E-state index < -0.39 is 86.3 Å². The van der Waals surface area contributed by atoms with Crippen LogP contribution in [0.15, 0.2) is 24.3 Å². The van der Waals surface area contributed by atoms with E-state index in [1.54, 1.807) is 0 Å². The van der Waals surface area contributed by atoms with Crippen LogP contribution in [0.3, 0.4) is 0 Å². The number of ether oxygens (including phenoxy) is 4. The monoisotopic (exact) mass is 504 g/mol. The molecule has 1 aromatic rings. The average Bonchev–Trinajstić information content (AvgIpc) is 3.09. The second-order valence-corrected chi connectivity index (χ2v) is 8.09. The number of phenolic OH excluding ortho intramolecular Hbond substituents is 2. The van der Waals surface area contributed by atoms with Crippen molar-refractivity contribution in [3.63, 3.8) is 0 Å². The van der Waals surface area contributed by atoms with E-state index in [-0.39, 0.29) is 5.75 Å². The van der Waals surface area contributed by atoms with Crippen LogP contribution in [0.4, 0.5) is 0 Å². The van der Waals surface area contributed by atoms with Crippen molar-refractivity contribution in [3.05, 3.63) is 29.8 Å². The molecule has 9 atom stereocenters. The van der Waals surface area contributed by atoms with Crippen LogP contribution < -0.4 is 0 Å². The molecule has 0 amide bonds. The molecule has 2 fully saturated rings. The summed E-state index contributed by atoms with van der Waals surface area (Å²) in [5.74, 6) is -3.97. The minimum atomic E-state index is -2.33. The van der Waals surface area contributed by atoms with Gasteiger partial charge in [0, 0.05) is 6.08 Å². The Bertz CT molecular complexity index is 908. The summed E-state index contributed by atoms with van der Waals surface area (Å²) in [5.41, 5.74) is 0.367. The Kier molecular flexibility index (Phi) is 8.66. The minimum absolute atomic E-state index is 0.342. The maximum absolute atomic E-state index is 12.0. The third kappa shape index (κ3) is 5.73. The highest BCUT2D eigenvalue weighted by molar-refractivity contribution is 5.87. The Balaban J connectivity index is 1.64. The molecule has 2 heterocycles. The van der Waals surface area contributed by atoms with E-state index in [2.05, 4.69) is 0 Å². The van der Waals surface area contributed by atoms with Crippen molar-refractivity contribution >= 4 is 12.0 Å². The summed E-state index contributed by atoms with van der Waals surface area (Å²) in [6.45, 7) is -2.38. The van der Waals surface area contributed by atoms with Gasteiger partial charge in [-0.1, -0.05) is 6.07 Å². The van der Waals surface area contributed by atoms with Gasteiger partial charge < -0.3 is 64.9 Å². The van der Waals surface area contributed by atoms with Crippen LogP contribution >= 0.6 is 0 Å². The molecule has 9 N–H and O–H groups in total. The molecule has 0 aliphatic carbocycles. The van der Waals surface area contributed by atoms with Gasteiger partial charge in [0.05, 0.1) is 6.61 Å². The van der Waals surface area contributed by atoms with Gasteiger partial charge in [-0.05, 0) is 23.8 Å². The summed E-state index contributed by atoms with van der Waals surface area (Å²) in [6, 6.07) is 3.83. The number of aliphatic hydroxyl groups excluding tert-OH is 7. The number of phenols is 2. The van der Waals surface area contributed by atoms with E-state index >= 15 is 0 Å². The Hall–Kier alpha value is -2.37. The van der Waals surface area contributed by atoms with E-state index in [0.717, 1.165) is 6.08 Å². The summed E-state index contributed by atoms with van der Waals surface area (Å²) in [5, 5.41) is 88.6. The van der Waals surface area contributed by atoms with Crippen molar-refractivity contribution in [1.82, 2.24) is 0 Å². The number of esters is 1. The Morgan fingerprint density at radius 3 is 2.29 bits per heavy atom. The lowest BCUT2D eigenvalue weighted by atomic mass is 9.99. The molecule has 1 aromatic carbocycles. The second kappa shape index (κ2) is 11.1. The van der Waals surface area contributed by atoms with Crippen molar-refractivity contribution in [2.24, 2.45) is 0 Å². The number of carbonyl (C=O) groups is 1. The molecule has 0 radical (unpaired) electrons. The molecule has 14 nitrogen and oxygen atoms in total. The summed E-state index contributed by atoms with van der Waals surface area (Å²) in [4.78, 5) is 12.0. The Labute approximate surface area is 198 Å². The lowest BCUT2D eigenvalue weighted by Crippen LogP contribution is -2.62. The third-order valence-electron chi connectivity index (χ3n) is 5.69. The molecule has 0 saturated carbocycles. The predicted octanol–water partition coefficient (Wildman–Crippen LogP) is -3.72. The van der Waals surface area contributed by atoms with Gasteiger partial charge in [0.15, 0.2) is 17.8 Å². The van der Waals surface area contributed by atoms with E-state index in [4.69, 9.17) is 18.9 Å². The zero-order valence-corrected chi connectivity index (χ0v) is 18.2. The van der Waals surface area contributed by atoms with Gasteiger partial charge >= 0.3 is 5.97 Å². The van der Waals surface area contributed by atoms with Gasteiger partial charge in [0.25, 0.3) is 0 Å². The van der Waals surface area contributed by atoms with Gasteiger partial charge in [0.1, 0.15) is 55.9 Å². The zero-order valence-electron chi connectivity index (χ0n) is 18.2.